The first-order valence-corrected chi connectivity index (χ1v) is 8.50. The fraction of sp³-hybridized carbons (Fsp3) is 0.632. The Hall–Kier alpha value is -1.55. The van der Waals surface area contributed by atoms with Crippen LogP contribution in [0.5, 0.6) is 5.75 Å². The van der Waals surface area contributed by atoms with Crippen LogP contribution in [0.2, 0.25) is 0 Å². The van der Waals surface area contributed by atoms with Crippen molar-refractivity contribution in [2.75, 3.05) is 6.61 Å². The summed E-state index contributed by atoms with van der Waals surface area (Å²) >= 11 is 0. The van der Waals surface area contributed by atoms with Crippen LogP contribution in [0.4, 0.5) is 0 Å². The number of ether oxygens (including phenoxy) is 1. The zero-order valence-electron chi connectivity index (χ0n) is 14.5. The molecule has 23 heavy (non-hydrogen) atoms. The van der Waals surface area contributed by atoms with Crippen LogP contribution in [0.25, 0.3) is 0 Å². The number of carbonyl (C=O) groups is 1. The van der Waals surface area contributed by atoms with Gasteiger partial charge in [-0.15, -0.1) is 0 Å². The normalized spacial score (nSPS) is 17.0. The fourth-order valence-corrected chi connectivity index (χ4v) is 3.26. The molecule has 1 heterocycles. The Morgan fingerprint density at radius 1 is 1.39 bits per heavy atom. The lowest BCUT2D eigenvalue weighted by Gasteiger charge is -2.33. The maximum atomic E-state index is 10.9. The van der Waals surface area contributed by atoms with E-state index in [0.29, 0.717) is 6.42 Å². The molecule has 1 aliphatic rings. The summed E-state index contributed by atoms with van der Waals surface area (Å²) in [4.78, 5) is 10.9. The molecule has 0 amide bonds. The van der Waals surface area contributed by atoms with Crippen molar-refractivity contribution >= 4 is 5.97 Å². The largest absolute Gasteiger partial charge is 0.493 e. The van der Waals surface area contributed by atoms with Gasteiger partial charge in [-0.25, -0.2) is 0 Å². The van der Waals surface area contributed by atoms with Gasteiger partial charge >= 0.3 is 5.97 Å². The van der Waals surface area contributed by atoms with Crippen LogP contribution in [0.15, 0.2) is 18.2 Å². The molecule has 0 saturated heterocycles. The van der Waals surface area contributed by atoms with E-state index in [1.807, 2.05) is 12.1 Å². The summed E-state index contributed by atoms with van der Waals surface area (Å²) < 4.78 is 5.65. The van der Waals surface area contributed by atoms with Gasteiger partial charge in [-0.05, 0) is 54.2 Å². The Labute approximate surface area is 139 Å². The Balaban J connectivity index is 2.08. The third-order valence-corrected chi connectivity index (χ3v) is 4.83. The minimum Gasteiger partial charge on any atom is -0.493 e. The molecular weight excluding hydrogens is 290 g/mol. The SMILES string of the molecule is CC(C)(C)C(CCC(=O)O)C[C@@H](N)c1ccc2c(c1)CCCO2. The summed E-state index contributed by atoms with van der Waals surface area (Å²) in [6.45, 7) is 7.27. The van der Waals surface area contributed by atoms with Crippen LogP contribution in [0.1, 0.15) is 63.6 Å². The minimum absolute atomic E-state index is 0.0460. The van der Waals surface area contributed by atoms with Gasteiger partial charge in [0, 0.05) is 12.5 Å². The number of hydrogen-bond acceptors (Lipinski definition) is 3. The molecular formula is C19H29NO3. The van der Waals surface area contributed by atoms with E-state index >= 15 is 0 Å². The first kappa shape index (κ1) is 17.8. The van der Waals surface area contributed by atoms with Crippen molar-refractivity contribution in [3.63, 3.8) is 0 Å². The molecule has 0 radical (unpaired) electrons. The molecule has 4 heteroatoms. The van der Waals surface area contributed by atoms with E-state index in [4.69, 9.17) is 15.6 Å². The molecule has 0 saturated carbocycles. The van der Waals surface area contributed by atoms with Crippen LogP contribution in [-0.2, 0) is 11.2 Å². The van der Waals surface area contributed by atoms with Gasteiger partial charge in [0.15, 0.2) is 0 Å². The zero-order valence-corrected chi connectivity index (χ0v) is 14.5. The second-order valence-electron chi connectivity index (χ2n) is 7.66. The quantitative estimate of drug-likeness (QED) is 0.833. The van der Waals surface area contributed by atoms with Crippen LogP contribution in [-0.4, -0.2) is 17.7 Å². The molecule has 0 aliphatic carbocycles. The topological polar surface area (TPSA) is 72.5 Å². The second-order valence-corrected chi connectivity index (χ2v) is 7.66. The van der Waals surface area contributed by atoms with Crippen molar-refractivity contribution in [1.82, 2.24) is 0 Å². The summed E-state index contributed by atoms with van der Waals surface area (Å²) in [6.07, 6.45) is 3.76. The summed E-state index contributed by atoms with van der Waals surface area (Å²) in [5.74, 6) is 0.519. The average molecular weight is 319 g/mol. The number of hydrogen-bond donors (Lipinski definition) is 2. The van der Waals surface area contributed by atoms with Crippen LogP contribution < -0.4 is 10.5 Å². The van der Waals surface area contributed by atoms with Crippen molar-refractivity contribution < 1.29 is 14.6 Å². The van der Waals surface area contributed by atoms with Crippen LogP contribution >= 0.6 is 0 Å². The van der Waals surface area contributed by atoms with Gasteiger partial charge in [0.05, 0.1) is 6.61 Å². The molecule has 0 spiro atoms. The van der Waals surface area contributed by atoms with Crippen molar-refractivity contribution in [2.24, 2.45) is 17.1 Å². The standard InChI is InChI=1S/C19H29NO3/c1-19(2,3)15(7-9-18(21)22)12-16(20)13-6-8-17-14(11-13)5-4-10-23-17/h6,8,11,15-16H,4-5,7,9-10,12,20H2,1-3H3,(H,21,22)/t15?,16-/m1/s1. The molecule has 1 unspecified atom stereocenters. The van der Waals surface area contributed by atoms with E-state index in [1.54, 1.807) is 0 Å². The van der Waals surface area contributed by atoms with Gasteiger partial charge in [0.25, 0.3) is 0 Å². The Morgan fingerprint density at radius 2 is 2.13 bits per heavy atom. The van der Waals surface area contributed by atoms with E-state index in [2.05, 4.69) is 26.8 Å². The molecule has 0 aromatic heterocycles. The summed E-state index contributed by atoms with van der Waals surface area (Å²) in [7, 11) is 0. The van der Waals surface area contributed by atoms with Gasteiger partial charge in [-0.3, -0.25) is 4.79 Å². The van der Waals surface area contributed by atoms with Gasteiger partial charge in [0.1, 0.15) is 5.75 Å². The van der Waals surface area contributed by atoms with E-state index < -0.39 is 5.97 Å². The molecule has 2 rings (SSSR count). The third-order valence-electron chi connectivity index (χ3n) is 4.83. The van der Waals surface area contributed by atoms with Crippen molar-refractivity contribution in [2.45, 2.75) is 58.9 Å². The third kappa shape index (κ3) is 4.96. The number of carboxylic acid groups (broad SMARTS) is 1. The number of nitrogens with two attached hydrogens (primary N) is 1. The number of aliphatic carboxylic acids is 1. The van der Waals surface area contributed by atoms with E-state index in [0.717, 1.165) is 37.2 Å². The maximum Gasteiger partial charge on any atom is 0.303 e. The first-order chi connectivity index (χ1) is 10.8. The van der Waals surface area contributed by atoms with Crippen LogP contribution in [0.3, 0.4) is 0 Å². The van der Waals surface area contributed by atoms with Crippen molar-refractivity contribution in [3.8, 4) is 5.75 Å². The van der Waals surface area contributed by atoms with Crippen molar-refractivity contribution in [1.29, 1.82) is 0 Å². The molecule has 1 aromatic rings. The van der Waals surface area contributed by atoms with E-state index in [-0.39, 0.29) is 23.8 Å². The molecule has 2 atom stereocenters. The lowest BCUT2D eigenvalue weighted by Crippen LogP contribution is -2.26. The van der Waals surface area contributed by atoms with Gasteiger partial charge < -0.3 is 15.6 Å². The number of carboxylic acids is 1. The zero-order chi connectivity index (χ0) is 17.0. The van der Waals surface area contributed by atoms with E-state index in [9.17, 15) is 4.79 Å². The van der Waals surface area contributed by atoms with Gasteiger partial charge in [-0.2, -0.15) is 0 Å². The molecule has 1 aromatic carbocycles. The highest BCUT2D eigenvalue weighted by molar-refractivity contribution is 5.66. The minimum atomic E-state index is -0.737. The Morgan fingerprint density at radius 3 is 2.78 bits per heavy atom. The molecule has 0 bridgehead atoms. The fourth-order valence-electron chi connectivity index (χ4n) is 3.26. The monoisotopic (exact) mass is 319 g/mol. The smallest absolute Gasteiger partial charge is 0.303 e. The molecule has 0 fully saturated rings. The van der Waals surface area contributed by atoms with Gasteiger partial charge in [-0.1, -0.05) is 32.9 Å². The Kier molecular flexibility index (Phi) is 5.69. The lowest BCUT2D eigenvalue weighted by molar-refractivity contribution is -0.137. The average Bonchev–Trinajstić information content (AvgIpc) is 2.49. The lowest BCUT2D eigenvalue weighted by atomic mass is 9.74. The maximum absolute atomic E-state index is 10.9. The highest BCUT2D eigenvalue weighted by Crippen LogP contribution is 2.37. The number of fused-ring (bicyclic) bond motifs is 1. The number of aryl methyl sites for hydroxylation is 1. The van der Waals surface area contributed by atoms with Crippen molar-refractivity contribution in [3.05, 3.63) is 29.3 Å². The highest BCUT2D eigenvalue weighted by Gasteiger charge is 2.27. The summed E-state index contributed by atoms with van der Waals surface area (Å²) in [6, 6.07) is 6.16. The Bertz CT molecular complexity index is 548. The summed E-state index contributed by atoms with van der Waals surface area (Å²) in [5.41, 5.74) is 8.85. The number of benzene rings is 1. The van der Waals surface area contributed by atoms with Crippen LogP contribution in [0, 0.1) is 11.3 Å². The second kappa shape index (κ2) is 7.35. The summed E-state index contributed by atoms with van der Waals surface area (Å²) in [5, 5.41) is 8.97. The molecule has 128 valence electrons. The molecule has 1 aliphatic heterocycles. The van der Waals surface area contributed by atoms with E-state index in [1.165, 1.54) is 5.56 Å². The predicted molar refractivity (Wildman–Crippen MR) is 91.6 cm³/mol. The molecule has 3 N–H and O–H groups in total. The highest BCUT2D eigenvalue weighted by atomic mass is 16.5. The molecule has 4 nitrogen and oxygen atoms in total. The number of rotatable bonds is 6. The van der Waals surface area contributed by atoms with Gasteiger partial charge in [0.2, 0.25) is 0 Å². The first-order valence-electron chi connectivity index (χ1n) is 8.50. The predicted octanol–water partition coefficient (Wildman–Crippen LogP) is 3.93.